The molecule has 0 N–H and O–H groups in total. The number of aromatic nitrogens is 2. The van der Waals surface area contributed by atoms with Crippen LogP contribution in [0, 0.1) is 0 Å². The number of thiazole rings is 1. The van der Waals surface area contributed by atoms with Gasteiger partial charge in [0.2, 0.25) is 0 Å². The highest BCUT2D eigenvalue weighted by Crippen LogP contribution is 2.36. The van der Waals surface area contributed by atoms with E-state index in [1.165, 1.54) is 23.5 Å². The fraction of sp³-hybridized carbons (Fsp3) is 0.214. The summed E-state index contributed by atoms with van der Waals surface area (Å²) in [5.41, 5.74) is 1.10. The minimum atomic E-state index is -5.72. The van der Waals surface area contributed by atoms with E-state index >= 15 is 0 Å². The summed E-state index contributed by atoms with van der Waals surface area (Å²) in [7, 11) is 0. The number of benzene rings is 1. The third kappa shape index (κ3) is 3.18. The topological polar surface area (TPSA) is 26.5 Å². The molecule has 1 aromatic carbocycles. The zero-order valence-corrected chi connectivity index (χ0v) is 12.4. The molecule has 3 nitrogen and oxygen atoms in total. The van der Waals surface area contributed by atoms with Crippen LogP contribution in [0.3, 0.4) is 0 Å². The number of hydrogen-bond acceptors (Lipinski definition) is 3. The van der Waals surface area contributed by atoms with Crippen molar-refractivity contribution >= 4 is 16.3 Å². The molecule has 0 aliphatic heterocycles. The van der Waals surface area contributed by atoms with Crippen LogP contribution < -0.4 is 4.74 Å². The Bertz CT molecular complexity index is 810. The molecular weight excluding hydrogens is 358 g/mol. The molecule has 2 aromatic heterocycles. The first-order valence-electron chi connectivity index (χ1n) is 6.47. The smallest absolute Gasteiger partial charge is 0.430 e. The Morgan fingerprint density at radius 3 is 2.33 bits per heavy atom. The number of ether oxygens (including phenoxy) is 1. The quantitative estimate of drug-likeness (QED) is 0.612. The molecule has 3 aromatic rings. The van der Waals surface area contributed by atoms with Crippen molar-refractivity contribution in [3.8, 4) is 17.0 Å². The molecule has 0 bridgehead atoms. The largest absolute Gasteiger partial charge is 0.439 e. The van der Waals surface area contributed by atoms with Gasteiger partial charge in [-0.1, -0.05) is 0 Å². The lowest BCUT2D eigenvalue weighted by Gasteiger charge is -2.23. The van der Waals surface area contributed by atoms with E-state index in [4.69, 9.17) is 0 Å². The van der Waals surface area contributed by atoms with Crippen LogP contribution in [0.2, 0.25) is 0 Å². The second-order valence-corrected chi connectivity index (χ2v) is 5.68. The number of rotatable bonds is 4. The van der Waals surface area contributed by atoms with Gasteiger partial charge >= 0.3 is 12.3 Å². The molecule has 128 valence electrons. The maximum atomic E-state index is 13.2. The van der Waals surface area contributed by atoms with Crippen molar-refractivity contribution in [2.75, 3.05) is 0 Å². The van der Waals surface area contributed by atoms with Crippen LogP contribution in [0.25, 0.3) is 16.2 Å². The maximum absolute atomic E-state index is 13.2. The molecule has 0 radical (unpaired) electrons. The molecule has 24 heavy (non-hydrogen) atoms. The number of fused-ring (bicyclic) bond motifs is 1. The molecule has 0 fully saturated rings. The standard InChI is InChI=1S/C14H8F6N2OS/c15-11(13(16,17)18)14(19,20)23-9-3-1-8(2-4-9)10-7-22-5-6-24-12(22)21-10/h1-7,11H/t11-/m0/s1. The van der Waals surface area contributed by atoms with Gasteiger partial charge in [-0.15, -0.1) is 11.3 Å². The molecule has 3 rings (SSSR count). The summed E-state index contributed by atoms with van der Waals surface area (Å²) < 4.78 is 81.0. The molecule has 0 aliphatic carbocycles. The number of nitrogens with zero attached hydrogens (tertiary/aromatic N) is 2. The molecule has 0 spiro atoms. The Hall–Kier alpha value is -2.23. The average Bonchev–Trinajstić information content (AvgIpc) is 3.07. The van der Waals surface area contributed by atoms with Gasteiger partial charge in [0.05, 0.1) is 5.69 Å². The lowest BCUT2D eigenvalue weighted by atomic mass is 10.1. The van der Waals surface area contributed by atoms with Crippen LogP contribution in [-0.2, 0) is 0 Å². The van der Waals surface area contributed by atoms with Crippen molar-refractivity contribution in [1.29, 1.82) is 0 Å². The Morgan fingerprint density at radius 2 is 1.75 bits per heavy atom. The molecule has 0 unspecified atom stereocenters. The molecule has 1 atom stereocenters. The molecule has 2 heterocycles. The van der Waals surface area contributed by atoms with Crippen molar-refractivity contribution < 1.29 is 31.1 Å². The summed E-state index contributed by atoms with van der Waals surface area (Å²) in [5, 5.41) is 1.83. The normalized spacial score (nSPS) is 14.1. The van der Waals surface area contributed by atoms with E-state index in [9.17, 15) is 26.3 Å². The first kappa shape index (κ1) is 16.6. The van der Waals surface area contributed by atoms with Gasteiger partial charge in [0.1, 0.15) is 5.75 Å². The molecule has 0 amide bonds. The summed E-state index contributed by atoms with van der Waals surface area (Å²) in [6.45, 7) is 0. The Balaban J connectivity index is 1.78. The van der Waals surface area contributed by atoms with Crippen LogP contribution in [0.4, 0.5) is 26.3 Å². The predicted octanol–water partition coefficient (Wildman–Crippen LogP) is 4.93. The van der Waals surface area contributed by atoms with E-state index in [1.54, 1.807) is 16.8 Å². The van der Waals surface area contributed by atoms with Gasteiger partial charge in [-0.3, -0.25) is 4.40 Å². The summed E-state index contributed by atoms with van der Waals surface area (Å²) in [6, 6.07) is 4.75. The first-order chi connectivity index (χ1) is 11.2. The van der Waals surface area contributed by atoms with Gasteiger partial charge < -0.3 is 4.74 Å². The first-order valence-corrected chi connectivity index (χ1v) is 7.35. The van der Waals surface area contributed by atoms with E-state index in [1.807, 2.05) is 5.38 Å². The Labute approximate surface area is 135 Å². The number of hydrogen-bond donors (Lipinski definition) is 0. The van der Waals surface area contributed by atoms with E-state index in [0.29, 0.717) is 11.3 Å². The lowest BCUT2D eigenvalue weighted by Crippen LogP contribution is -2.45. The van der Waals surface area contributed by atoms with E-state index in [-0.39, 0.29) is 0 Å². The summed E-state index contributed by atoms with van der Waals surface area (Å²) >= 11 is 1.40. The highest BCUT2D eigenvalue weighted by molar-refractivity contribution is 7.15. The molecule has 0 aliphatic rings. The van der Waals surface area contributed by atoms with Crippen molar-refractivity contribution in [3.05, 3.63) is 42.0 Å². The third-order valence-electron chi connectivity index (χ3n) is 3.08. The Kier molecular flexibility index (Phi) is 3.94. The summed E-state index contributed by atoms with van der Waals surface area (Å²) in [5.74, 6) is -0.586. The average molecular weight is 366 g/mol. The maximum Gasteiger partial charge on any atom is 0.439 e. The van der Waals surface area contributed by atoms with Crippen LogP contribution >= 0.6 is 11.3 Å². The SMILES string of the molecule is F[C@@H](C(F)(F)F)C(F)(F)Oc1ccc(-c2cn3ccsc3n2)cc1. The third-order valence-corrected chi connectivity index (χ3v) is 3.85. The monoisotopic (exact) mass is 366 g/mol. The van der Waals surface area contributed by atoms with Crippen LogP contribution in [0.1, 0.15) is 0 Å². The predicted molar refractivity (Wildman–Crippen MR) is 75.0 cm³/mol. The lowest BCUT2D eigenvalue weighted by molar-refractivity contribution is -0.304. The van der Waals surface area contributed by atoms with Gasteiger partial charge in [-0.2, -0.15) is 22.0 Å². The van der Waals surface area contributed by atoms with Crippen molar-refractivity contribution in [2.24, 2.45) is 0 Å². The number of alkyl halides is 6. The molecular formula is C14H8F6N2OS. The van der Waals surface area contributed by atoms with Gasteiger partial charge in [0.15, 0.2) is 4.96 Å². The van der Waals surface area contributed by atoms with Gasteiger partial charge in [-0.25, -0.2) is 9.37 Å². The van der Waals surface area contributed by atoms with E-state index in [0.717, 1.165) is 17.1 Å². The summed E-state index contributed by atoms with van der Waals surface area (Å²) in [6.07, 6.45) is -11.7. The molecule has 0 saturated carbocycles. The summed E-state index contributed by atoms with van der Waals surface area (Å²) in [4.78, 5) is 5.02. The second kappa shape index (κ2) is 5.69. The van der Waals surface area contributed by atoms with Gasteiger partial charge in [0.25, 0.3) is 6.17 Å². The molecule has 10 heteroatoms. The minimum absolute atomic E-state index is 0.550. The fourth-order valence-electron chi connectivity index (χ4n) is 1.96. The zero-order chi connectivity index (χ0) is 17.5. The molecule has 0 saturated heterocycles. The number of halogens is 6. The van der Waals surface area contributed by atoms with Gasteiger partial charge in [0, 0.05) is 23.3 Å². The zero-order valence-electron chi connectivity index (χ0n) is 11.6. The Morgan fingerprint density at radius 1 is 1.08 bits per heavy atom. The number of imidazole rings is 1. The highest BCUT2D eigenvalue weighted by Gasteiger charge is 2.59. The fourth-order valence-corrected chi connectivity index (χ4v) is 2.66. The van der Waals surface area contributed by atoms with Crippen molar-refractivity contribution in [1.82, 2.24) is 9.38 Å². The van der Waals surface area contributed by atoms with Crippen molar-refractivity contribution in [3.63, 3.8) is 0 Å². The minimum Gasteiger partial charge on any atom is -0.430 e. The van der Waals surface area contributed by atoms with Crippen LogP contribution in [0.5, 0.6) is 5.75 Å². The van der Waals surface area contributed by atoms with E-state index < -0.39 is 24.2 Å². The van der Waals surface area contributed by atoms with E-state index in [2.05, 4.69) is 9.72 Å². The second-order valence-electron chi connectivity index (χ2n) is 4.81. The van der Waals surface area contributed by atoms with Gasteiger partial charge in [-0.05, 0) is 24.3 Å². The van der Waals surface area contributed by atoms with Crippen LogP contribution in [-0.4, -0.2) is 27.8 Å². The van der Waals surface area contributed by atoms with Crippen molar-refractivity contribution in [2.45, 2.75) is 18.5 Å². The highest BCUT2D eigenvalue weighted by atomic mass is 32.1. The van der Waals surface area contributed by atoms with Crippen LogP contribution in [0.15, 0.2) is 42.0 Å².